The van der Waals surface area contributed by atoms with Crippen LogP contribution in [0.1, 0.15) is 18.1 Å². The van der Waals surface area contributed by atoms with Crippen molar-refractivity contribution < 1.29 is 74.1 Å². The smallest absolute Gasteiger partial charge is 0.331 e. The number of hydrogen-bond acceptors (Lipinski definition) is 15. The number of ether oxygens (including phenoxy) is 6. The van der Waals surface area contributed by atoms with Crippen molar-refractivity contribution in [1.29, 1.82) is 0 Å². The number of carbonyl (C=O) groups is 1. The first-order valence-electron chi connectivity index (χ1n) is 14.1. The summed E-state index contributed by atoms with van der Waals surface area (Å²) < 4.78 is 33.5. The molecule has 0 saturated carbocycles. The van der Waals surface area contributed by atoms with Crippen LogP contribution < -0.4 is 4.74 Å². The highest BCUT2D eigenvalue weighted by atomic mass is 16.7. The zero-order valence-corrected chi connectivity index (χ0v) is 24.4. The van der Waals surface area contributed by atoms with Gasteiger partial charge in [-0.2, -0.15) is 0 Å². The van der Waals surface area contributed by atoms with E-state index in [1.54, 1.807) is 12.1 Å². The van der Waals surface area contributed by atoms with Crippen molar-refractivity contribution in [2.24, 2.45) is 0 Å². The van der Waals surface area contributed by atoms with Crippen LogP contribution in [0.4, 0.5) is 0 Å². The van der Waals surface area contributed by atoms with Crippen molar-refractivity contribution in [1.82, 2.24) is 0 Å². The number of phenolic OH excluding ortho intramolecular Hbond substituents is 3. The monoisotopic (exact) mass is 638 g/mol. The van der Waals surface area contributed by atoms with Crippen LogP contribution in [0.15, 0.2) is 42.5 Å². The Hall–Kier alpha value is -3.51. The van der Waals surface area contributed by atoms with Crippen molar-refractivity contribution in [2.75, 3.05) is 20.3 Å². The molecule has 0 aromatic heterocycles. The van der Waals surface area contributed by atoms with Crippen LogP contribution in [0, 0.1) is 0 Å². The number of aromatic hydroxyl groups is 3. The third-order valence-electron chi connectivity index (χ3n) is 7.47. The molecule has 10 atom stereocenters. The fourth-order valence-corrected chi connectivity index (χ4v) is 4.91. The first kappa shape index (κ1) is 34.4. The summed E-state index contributed by atoms with van der Waals surface area (Å²) in [7, 11) is 1.40. The molecular weight excluding hydrogens is 600 g/mol. The minimum absolute atomic E-state index is 0.0162. The molecule has 2 aliphatic heterocycles. The van der Waals surface area contributed by atoms with Gasteiger partial charge in [0.05, 0.1) is 26.4 Å². The summed E-state index contributed by atoms with van der Waals surface area (Å²) in [6.07, 6.45) is -12.3. The predicted molar refractivity (Wildman–Crippen MR) is 152 cm³/mol. The standard InChI is InChI=1S/C30H38O15/c1-14-23(36)24(37)25(38)30(42-14)45-28-26(39)29(41-10-9-16-4-7-18(33)20(12-16)40-2)43-21(13-31)27(28)44-22(35)8-5-15-3-6-17(32)19(34)11-15/h3-8,11-12,14,21,23-34,36-39H,9-10,13H2,1-2H3/t14-,21-,23+,24+,25+,26+,27-,28+,29-,30-/m0/s1. The number of benzene rings is 2. The average Bonchev–Trinajstić information content (AvgIpc) is 3.02. The number of carbonyl (C=O) groups excluding carboxylic acids is 1. The molecule has 0 amide bonds. The van der Waals surface area contributed by atoms with E-state index in [2.05, 4.69) is 0 Å². The molecule has 2 heterocycles. The van der Waals surface area contributed by atoms with Crippen molar-refractivity contribution in [3.8, 4) is 23.0 Å². The molecule has 4 rings (SSSR count). The molecule has 15 nitrogen and oxygen atoms in total. The number of aliphatic hydroxyl groups excluding tert-OH is 5. The van der Waals surface area contributed by atoms with E-state index in [0.717, 1.165) is 11.6 Å². The molecule has 2 fully saturated rings. The Balaban J connectivity index is 1.52. The van der Waals surface area contributed by atoms with Gasteiger partial charge in [-0.15, -0.1) is 0 Å². The van der Waals surface area contributed by atoms with Crippen molar-refractivity contribution in [3.05, 3.63) is 53.6 Å². The lowest BCUT2D eigenvalue weighted by Gasteiger charge is -2.46. The lowest BCUT2D eigenvalue weighted by molar-refractivity contribution is -0.357. The molecule has 2 aliphatic rings. The van der Waals surface area contributed by atoms with Gasteiger partial charge in [0, 0.05) is 6.08 Å². The predicted octanol–water partition coefficient (Wildman–Crippen LogP) is -0.713. The van der Waals surface area contributed by atoms with E-state index in [4.69, 9.17) is 28.4 Å². The topological polar surface area (TPSA) is 234 Å². The molecule has 248 valence electrons. The Bertz CT molecular complexity index is 1320. The second-order valence-corrected chi connectivity index (χ2v) is 10.6. The minimum Gasteiger partial charge on any atom is -0.504 e. The summed E-state index contributed by atoms with van der Waals surface area (Å²) in [5.41, 5.74) is 1.07. The number of esters is 1. The van der Waals surface area contributed by atoms with Gasteiger partial charge in [0.1, 0.15) is 36.6 Å². The summed E-state index contributed by atoms with van der Waals surface area (Å²) in [5, 5.41) is 81.3. The normalized spacial score (nSPS) is 32.0. The number of hydrogen-bond donors (Lipinski definition) is 8. The Kier molecular flexibility index (Phi) is 11.6. The SMILES string of the molecule is COc1cc(CCO[C@H]2O[C@@H](CO)[C@H](OC(=O)C=Cc3ccc(O)c(O)c3)[C@H](O[C@@H]3O[C@@H](C)[C@@H](O)[C@@H](O)[C@H]3O)[C@H]2O)ccc1O. The lowest BCUT2D eigenvalue weighted by Crippen LogP contribution is -2.65. The van der Waals surface area contributed by atoms with Gasteiger partial charge in [-0.1, -0.05) is 12.1 Å². The summed E-state index contributed by atoms with van der Waals surface area (Å²) >= 11 is 0. The molecule has 0 bridgehead atoms. The zero-order valence-electron chi connectivity index (χ0n) is 24.4. The second kappa shape index (κ2) is 15.2. The van der Waals surface area contributed by atoms with Crippen LogP contribution in [0.2, 0.25) is 0 Å². The molecule has 15 heteroatoms. The Morgan fingerprint density at radius 3 is 2.29 bits per heavy atom. The zero-order chi connectivity index (χ0) is 32.8. The largest absolute Gasteiger partial charge is 0.504 e. The van der Waals surface area contributed by atoms with E-state index in [1.165, 1.54) is 44.4 Å². The van der Waals surface area contributed by atoms with E-state index in [9.17, 15) is 45.6 Å². The molecule has 0 radical (unpaired) electrons. The maximum Gasteiger partial charge on any atom is 0.331 e. The first-order valence-corrected chi connectivity index (χ1v) is 14.1. The van der Waals surface area contributed by atoms with E-state index in [1.807, 2.05) is 0 Å². The fraction of sp³-hybridized carbons (Fsp3) is 0.500. The van der Waals surface area contributed by atoms with E-state index in [-0.39, 0.29) is 23.9 Å². The van der Waals surface area contributed by atoms with Gasteiger partial charge in [-0.3, -0.25) is 0 Å². The van der Waals surface area contributed by atoms with Gasteiger partial charge < -0.3 is 69.3 Å². The van der Waals surface area contributed by atoms with Gasteiger partial charge in [0.2, 0.25) is 0 Å². The number of aliphatic hydroxyl groups is 5. The highest BCUT2D eigenvalue weighted by Crippen LogP contribution is 2.32. The van der Waals surface area contributed by atoms with Gasteiger partial charge >= 0.3 is 5.97 Å². The summed E-state index contributed by atoms with van der Waals surface area (Å²) in [6, 6.07) is 8.54. The van der Waals surface area contributed by atoms with Crippen LogP contribution >= 0.6 is 0 Å². The Morgan fingerprint density at radius 2 is 1.60 bits per heavy atom. The maximum atomic E-state index is 12.8. The van der Waals surface area contributed by atoms with Gasteiger partial charge in [-0.05, 0) is 54.8 Å². The van der Waals surface area contributed by atoms with Gasteiger partial charge in [0.25, 0.3) is 0 Å². The van der Waals surface area contributed by atoms with Crippen LogP contribution in [-0.4, -0.2) is 129 Å². The summed E-state index contributed by atoms with van der Waals surface area (Å²) in [4.78, 5) is 12.8. The molecule has 2 aromatic carbocycles. The first-order chi connectivity index (χ1) is 21.4. The summed E-state index contributed by atoms with van der Waals surface area (Å²) in [6.45, 7) is 0.694. The van der Waals surface area contributed by atoms with Crippen LogP contribution in [-0.2, 0) is 34.9 Å². The molecule has 2 saturated heterocycles. The summed E-state index contributed by atoms with van der Waals surface area (Å²) in [5.74, 6) is -1.53. The second-order valence-electron chi connectivity index (χ2n) is 10.6. The highest BCUT2D eigenvalue weighted by Gasteiger charge is 2.52. The average molecular weight is 639 g/mol. The quantitative estimate of drug-likeness (QED) is 0.0862. The van der Waals surface area contributed by atoms with Gasteiger partial charge in [0.15, 0.2) is 41.7 Å². The Labute approximate surface area is 258 Å². The third-order valence-corrected chi connectivity index (χ3v) is 7.47. The third kappa shape index (κ3) is 8.21. The van der Waals surface area contributed by atoms with Crippen LogP contribution in [0.5, 0.6) is 23.0 Å². The maximum absolute atomic E-state index is 12.8. The number of phenols is 3. The van der Waals surface area contributed by atoms with E-state index >= 15 is 0 Å². The fourth-order valence-electron chi connectivity index (χ4n) is 4.91. The lowest BCUT2D eigenvalue weighted by atomic mass is 9.97. The van der Waals surface area contributed by atoms with Gasteiger partial charge in [-0.25, -0.2) is 4.79 Å². The molecule has 0 aliphatic carbocycles. The number of methoxy groups -OCH3 is 1. The van der Waals surface area contributed by atoms with Crippen molar-refractivity contribution in [3.63, 3.8) is 0 Å². The molecule has 45 heavy (non-hydrogen) atoms. The van der Waals surface area contributed by atoms with Crippen LogP contribution in [0.25, 0.3) is 6.08 Å². The highest BCUT2D eigenvalue weighted by molar-refractivity contribution is 5.87. The van der Waals surface area contributed by atoms with Crippen molar-refractivity contribution >= 4 is 12.0 Å². The minimum atomic E-state index is -1.76. The molecule has 0 unspecified atom stereocenters. The van der Waals surface area contributed by atoms with E-state index < -0.39 is 79.7 Å². The van der Waals surface area contributed by atoms with Crippen molar-refractivity contribution in [2.45, 2.75) is 74.8 Å². The number of rotatable bonds is 11. The van der Waals surface area contributed by atoms with Crippen LogP contribution in [0.3, 0.4) is 0 Å². The van der Waals surface area contributed by atoms with E-state index in [0.29, 0.717) is 12.0 Å². The molecular formula is C30H38O15. The molecule has 8 N–H and O–H groups in total. The Morgan fingerprint density at radius 1 is 0.867 bits per heavy atom. The molecule has 2 aromatic rings. The molecule has 0 spiro atoms.